The number of pyridine rings is 1. The van der Waals surface area contributed by atoms with Crippen molar-refractivity contribution >= 4 is 16.9 Å². The lowest BCUT2D eigenvalue weighted by Gasteiger charge is -2.17. The number of nitrogens with one attached hydrogen (secondary N) is 2. The number of nitrogens with zero attached hydrogens (tertiary/aromatic N) is 2. The van der Waals surface area contributed by atoms with Gasteiger partial charge in [-0.1, -0.05) is 26.8 Å². The van der Waals surface area contributed by atoms with Crippen molar-refractivity contribution in [2.75, 3.05) is 6.79 Å². The fraction of sp³-hybridized carbons (Fsp3) is 0.391. The molecular weight excluding hydrogens is 412 g/mol. The molecule has 1 aromatic carbocycles. The number of amides is 1. The first-order valence-electron chi connectivity index (χ1n) is 10.7. The smallest absolute Gasteiger partial charge is 0.329 e. The summed E-state index contributed by atoms with van der Waals surface area (Å²) in [5.41, 5.74) is 0.735. The molecule has 2 N–H and O–H groups in total. The van der Waals surface area contributed by atoms with E-state index in [0.717, 1.165) is 5.56 Å². The number of hydrogen-bond donors (Lipinski definition) is 2. The molecule has 0 radical (unpaired) electrons. The molecule has 1 unspecified atom stereocenters. The molecule has 0 aliphatic carbocycles. The lowest BCUT2D eigenvalue weighted by atomic mass is 10.0. The van der Waals surface area contributed by atoms with Crippen molar-refractivity contribution in [1.82, 2.24) is 19.9 Å². The number of hydrogen-bond acceptors (Lipinski definition) is 6. The fourth-order valence-corrected chi connectivity index (χ4v) is 3.74. The van der Waals surface area contributed by atoms with Crippen molar-refractivity contribution in [3.05, 3.63) is 61.9 Å². The standard InChI is InChI=1S/C23H26N4O5/c1-5-8-27-20-19(22(29)26-23(27)30)15(10-16(25-20)12(2)3)21(28)24-13(4)14-6-7-17-18(9-14)32-11-31-17/h6-7,9-10,12-13H,5,8,11H2,1-4H3,(H,24,28)(H,26,29,30). The topological polar surface area (TPSA) is 115 Å². The summed E-state index contributed by atoms with van der Waals surface area (Å²) in [7, 11) is 0. The van der Waals surface area contributed by atoms with E-state index in [1.54, 1.807) is 12.1 Å². The van der Waals surface area contributed by atoms with Crippen LogP contribution in [-0.4, -0.2) is 27.2 Å². The van der Waals surface area contributed by atoms with Gasteiger partial charge in [-0.05, 0) is 43.0 Å². The lowest BCUT2D eigenvalue weighted by Crippen LogP contribution is -2.34. The summed E-state index contributed by atoms with van der Waals surface area (Å²) in [6, 6.07) is 6.75. The second kappa shape index (κ2) is 8.49. The molecule has 0 fully saturated rings. The predicted octanol–water partition coefficient (Wildman–Crippen LogP) is 2.84. The third-order valence-electron chi connectivity index (χ3n) is 5.50. The van der Waals surface area contributed by atoms with Gasteiger partial charge in [0.15, 0.2) is 17.1 Å². The molecule has 0 spiro atoms. The summed E-state index contributed by atoms with van der Waals surface area (Å²) in [4.78, 5) is 45.3. The van der Waals surface area contributed by atoms with Crippen LogP contribution < -0.4 is 26.0 Å². The highest BCUT2D eigenvalue weighted by molar-refractivity contribution is 6.05. The van der Waals surface area contributed by atoms with Crippen molar-refractivity contribution in [2.24, 2.45) is 0 Å². The third-order valence-corrected chi connectivity index (χ3v) is 5.50. The molecule has 32 heavy (non-hydrogen) atoms. The van der Waals surface area contributed by atoms with Gasteiger partial charge in [0.2, 0.25) is 6.79 Å². The molecule has 1 aliphatic rings. The zero-order chi connectivity index (χ0) is 23.0. The quantitative estimate of drug-likeness (QED) is 0.612. The highest BCUT2D eigenvalue weighted by atomic mass is 16.7. The van der Waals surface area contributed by atoms with E-state index in [2.05, 4.69) is 15.3 Å². The van der Waals surface area contributed by atoms with Crippen molar-refractivity contribution in [1.29, 1.82) is 0 Å². The molecule has 3 aromatic rings. The van der Waals surface area contributed by atoms with Crippen LogP contribution in [0.15, 0.2) is 33.9 Å². The van der Waals surface area contributed by atoms with Crippen molar-refractivity contribution in [3.8, 4) is 11.5 Å². The second-order valence-corrected chi connectivity index (χ2v) is 8.17. The Hall–Kier alpha value is -3.62. The summed E-state index contributed by atoms with van der Waals surface area (Å²) in [6.07, 6.45) is 0.678. The number of ether oxygens (including phenoxy) is 2. The molecule has 2 aromatic heterocycles. The summed E-state index contributed by atoms with van der Waals surface area (Å²) in [6.45, 7) is 8.22. The van der Waals surface area contributed by atoms with Crippen molar-refractivity contribution in [2.45, 2.75) is 52.6 Å². The lowest BCUT2D eigenvalue weighted by molar-refractivity contribution is 0.0941. The molecule has 0 saturated carbocycles. The number of rotatable bonds is 6. The zero-order valence-electron chi connectivity index (χ0n) is 18.5. The number of carbonyl (C=O) groups excluding carboxylic acids is 1. The molecule has 3 heterocycles. The molecule has 1 amide bonds. The van der Waals surface area contributed by atoms with Gasteiger partial charge in [0.05, 0.1) is 17.0 Å². The van der Waals surface area contributed by atoms with Gasteiger partial charge in [0.25, 0.3) is 11.5 Å². The van der Waals surface area contributed by atoms with Crippen LogP contribution in [0, 0.1) is 0 Å². The number of H-pyrrole nitrogens is 1. The Morgan fingerprint density at radius 3 is 2.66 bits per heavy atom. The van der Waals surface area contributed by atoms with Gasteiger partial charge >= 0.3 is 5.69 Å². The van der Waals surface area contributed by atoms with Crippen LogP contribution in [0.1, 0.15) is 67.7 Å². The minimum Gasteiger partial charge on any atom is -0.454 e. The Morgan fingerprint density at radius 1 is 1.19 bits per heavy atom. The Morgan fingerprint density at radius 2 is 1.94 bits per heavy atom. The molecule has 9 nitrogen and oxygen atoms in total. The van der Waals surface area contributed by atoms with E-state index in [1.165, 1.54) is 4.57 Å². The SMILES string of the molecule is CCCn1c(=O)[nH]c(=O)c2c(C(=O)NC(C)c3ccc4c(c3)OCO4)cc(C(C)C)nc21. The average molecular weight is 438 g/mol. The van der Waals surface area contributed by atoms with Crippen LogP contribution in [-0.2, 0) is 6.54 Å². The van der Waals surface area contributed by atoms with E-state index in [4.69, 9.17) is 9.47 Å². The molecule has 1 atom stereocenters. The molecule has 168 valence electrons. The number of benzene rings is 1. The van der Waals surface area contributed by atoms with Gasteiger partial charge < -0.3 is 14.8 Å². The van der Waals surface area contributed by atoms with E-state index in [9.17, 15) is 14.4 Å². The first-order valence-corrected chi connectivity index (χ1v) is 10.7. The van der Waals surface area contributed by atoms with Crippen molar-refractivity contribution in [3.63, 3.8) is 0 Å². The maximum Gasteiger partial charge on any atom is 0.329 e. The van der Waals surface area contributed by atoms with Crippen LogP contribution in [0.2, 0.25) is 0 Å². The normalized spacial score (nSPS) is 13.5. The van der Waals surface area contributed by atoms with Crippen LogP contribution in [0.25, 0.3) is 11.0 Å². The van der Waals surface area contributed by atoms with Gasteiger partial charge in [0, 0.05) is 12.2 Å². The predicted molar refractivity (Wildman–Crippen MR) is 119 cm³/mol. The van der Waals surface area contributed by atoms with Crippen molar-refractivity contribution < 1.29 is 14.3 Å². The van der Waals surface area contributed by atoms with Gasteiger partial charge in [-0.15, -0.1) is 0 Å². The summed E-state index contributed by atoms with van der Waals surface area (Å²) in [5, 5.41) is 3.06. The number of aromatic amines is 1. The molecule has 0 bridgehead atoms. The summed E-state index contributed by atoms with van der Waals surface area (Å²) < 4.78 is 12.2. The minimum atomic E-state index is -0.624. The Kier molecular flexibility index (Phi) is 5.73. The van der Waals surface area contributed by atoms with Crippen LogP contribution >= 0.6 is 0 Å². The van der Waals surface area contributed by atoms with E-state index < -0.39 is 17.2 Å². The number of aromatic nitrogens is 3. The number of fused-ring (bicyclic) bond motifs is 2. The maximum absolute atomic E-state index is 13.3. The molecule has 1 aliphatic heterocycles. The van der Waals surface area contributed by atoms with Crippen LogP contribution in [0.5, 0.6) is 11.5 Å². The number of aryl methyl sites for hydroxylation is 1. The van der Waals surface area contributed by atoms with Crippen LogP contribution in [0.3, 0.4) is 0 Å². The Bertz CT molecular complexity index is 1310. The van der Waals surface area contributed by atoms with E-state index in [1.807, 2.05) is 39.8 Å². The largest absolute Gasteiger partial charge is 0.454 e. The van der Waals surface area contributed by atoms with E-state index in [0.29, 0.717) is 30.2 Å². The van der Waals surface area contributed by atoms with Gasteiger partial charge in [-0.3, -0.25) is 19.1 Å². The minimum absolute atomic E-state index is 0.00157. The highest BCUT2D eigenvalue weighted by Crippen LogP contribution is 2.34. The fourth-order valence-electron chi connectivity index (χ4n) is 3.74. The Balaban J connectivity index is 1.78. The third kappa shape index (κ3) is 3.86. The van der Waals surface area contributed by atoms with Gasteiger partial charge in [-0.2, -0.15) is 0 Å². The first kappa shape index (κ1) is 21.6. The van der Waals surface area contributed by atoms with E-state index in [-0.39, 0.29) is 35.3 Å². The van der Waals surface area contributed by atoms with Crippen LogP contribution in [0.4, 0.5) is 0 Å². The summed E-state index contributed by atoms with van der Waals surface area (Å²) >= 11 is 0. The second-order valence-electron chi connectivity index (χ2n) is 8.17. The van der Waals surface area contributed by atoms with Gasteiger partial charge in [-0.25, -0.2) is 9.78 Å². The highest BCUT2D eigenvalue weighted by Gasteiger charge is 2.22. The molecule has 9 heteroatoms. The Labute approximate surface area is 184 Å². The number of carbonyl (C=O) groups is 1. The van der Waals surface area contributed by atoms with E-state index >= 15 is 0 Å². The first-order chi connectivity index (χ1) is 15.3. The average Bonchev–Trinajstić information content (AvgIpc) is 3.23. The molecular formula is C23H26N4O5. The van der Waals surface area contributed by atoms with Gasteiger partial charge in [0.1, 0.15) is 0 Å². The molecule has 4 rings (SSSR count). The zero-order valence-corrected chi connectivity index (χ0v) is 18.5. The molecule has 0 saturated heterocycles. The maximum atomic E-state index is 13.3. The monoisotopic (exact) mass is 438 g/mol. The summed E-state index contributed by atoms with van der Waals surface area (Å²) in [5.74, 6) is 0.868.